The van der Waals surface area contributed by atoms with E-state index in [1.165, 1.54) is 0 Å². The lowest BCUT2D eigenvalue weighted by Crippen LogP contribution is -1.68. The van der Waals surface area contributed by atoms with E-state index in [2.05, 4.69) is 11.8 Å². The van der Waals surface area contributed by atoms with E-state index in [0.717, 1.165) is 0 Å². The quantitative estimate of drug-likeness (QED) is 0.278. The van der Waals surface area contributed by atoms with E-state index >= 15 is 0 Å². The molecule has 0 aliphatic carbocycles. The second kappa shape index (κ2) is 2.26. The van der Waals surface area contributed by atoms with Gasteiger partial charge in [0.15, 0.2) is 6.29 Å². The van der Waals surface area contributed by atoms with Crippen LogP contribution in [0.25, 0.3) is 0 Å². The maximum Gasteiger partial charge on any atom is 0.171 e. The molecule has 0 atom stereocenters. The highest BCUT2D eigenvalue weighted by Crippen LogP contribution is 1.78. The molecule has 0 bridgehead atoms. The van der Waals surface area contributed by atoms with Gasteiger partial charge in [-0.25, -0.2) is 0 Å². The molecule has 0 rings (SSSR count). The molecule has 32 valence electrons. The molecular formula is C3H3NO2. The average molecular weight is 85.1 g/mol. The zero-order valence-electron chi connectivity index (χ0n) is 3.05. The normalized spacial score (nSPS) is 6.67. The minimum atomic E-state index is -0.269. The monoisotopic (exact) mass is 85.0 g/mol. The van der Waals surface area contributed by atoms with Gasteiger partial charge in [-0.1, -0.05) is 6.58 Å². The Labute approximate surface area is 34.6 Å². The van der Waals surface area contributed by atoms with Crippen LogP contribution >= 0.6 is 0 Å². The van der Waals surface area contributed by atoms with Crippen LogP contribution in [-0.4, -0.2) is 6.29 Å². The van der Waals surface area contributed by atoms with Gasteiger partial charge in [0, 0.05) is 0 Å². The first-order chi connectivity index (χ1) is 2.81. The Kier molecular flexibility index (Phi) is 1.89. The number of allylic oxidation sites excluding steroid dienone is 1. The lowest BCUT2D eigenvalue weighted by molar-refractivity contribution is -0.104. The van der Waals surface area contributed by atoms with Crippen molar-refractivity contribution in [2.45, 2.75) is 0 Å². The molecule has 0 aliphatic rings. The second-order valence-corrected chi connectivity index (χ2v) is 0.700. The van der Waals surface area contributed by atoms with Crippen molar-refractivity contribution < 1.29 is 4.79 Å². The highest BCUT2D eigenvalue weighted by Gasteiger charge is 1.79. The molecule has 0 unspecified atom stereocenters. The van der Waals surface area contributed by atoms with Crippen LogP contribution in [0.15, 0.2) is 17.5 Å². The molecule has 3 heteroatoms. The molecule has 0 aromatic carbocycles. The Bertz CT molecular complexity index is 76.8. The van der Waals surface area contributed by atoms with Crippen molar-refractivity contribution in [2.24, 2.45) is 5.18 Å². The third kappa shape index (κ3) is 1.34. The number of rotatable bonds is 2. The summed E-state index contributed by atoms with van der Waals surface area (Å²) in [6, 6.07) is 0. The van der Waals surface area contributed by atoms with Crippen LogP contribution in [0.4, 0.5) is 0 Å². The number of carbonyl (C=O) groups excluding carboxylic acids is 1. The molecule has 0 saturated carbocycles. The third-order valence-electron chi connectivity index (χ3n) is 0.253. The second-order valence-electron chi connectivity index (χ2n) is 0.700. The van der Waals surface area contributed by atoms with Crippen LogP contribution in [0.2, 0.25) is 0 Å². The van der Waals surface area contributed by atoms with Crippen LogP contribution in [0.5, 0.6) is 0 Å². The van der Waals surface area contributed by atoms with Gasteiger partial charge in [0.1, 0.15) is 5.70 Å². The maximum absolute atomic E-state index is 9.34. The zero-order valence-corrected chi connectivity index (χ0v) is 3.05. The minimum Gasteiger partial charge on any atom is -0.296 e. The first-order valence-corrected chi connectivity index (χ1v) is 1.28. The number of aldehydes is 1. The number of nitrogens with zero attached hydrogens (tertiary/aromatic N) is 1. The van der Waals surface area contributed by atoms with Crippen molar-refractivity contribution in [2.75, 3.05) is 0 Å². The van der Waals surface area contributed by atoms with Gasteiger partial charge in [-0.15, -0.1) is 4.91 Å². The van der Waals surface area contributed by atoms with E-state index in [4.69, 9.17) is 4.91 Å². The fourth-order valence-electron chi connectivity index (χ4n) is 0.0215. The SMILES string of the molecule is C=C(C=O)N=O. The van der Waals surface area contributed by atoms with Crippen LogP contribution in [0.3, 0.4) is 0 Å². The average Bonchev–Trinajstić information content (AvgIpc) is 1.65. The lowest BCUT2D eigenvalue weighted by Gasteiger charge is -1.65. The van der Waals surface area contributed by atoms with Crippen LogP contribution in [0, 0.1) is 4.91 Å². The summed E-state index contributed by atoms with van der Waals surface area (Å²) in [5.41, 5.74) is -0.269. The Morgan fingerprint density at radius 1 is 1.83 bits per heavy atom. The van der Waals surface area contributed by atoms with Gasteiger partial charge in [-0.05, 0) is 5.18 Å². The molecule has 0 radical (unpaired) electrons. The predicted octanol–water partition coefficient (Wildman–Crippen LogP) is 0.465. The fraction of sp³-hybridized carbons (Fsp3) is 0. The van der Waals surface area contributed by atoms with Gasteiger partial charge in [-0.2, -0.15) is 0 Å². The molecule has 0 heterocycles. The van der Waals surface area contributed by atoms with E-state index in [-0.39, 0.29) is 5.70 Å². The van der Waals surface area contributed by atoms with E-state index < -0.39 is 0 Å². The largest absolute Gasteiger partial charge is 0.296 e. The Balaban J connectivity index is 3.52. The zero-order chi connectivity index (χ0) is 4.99. The van der Waals surface area contributed by atoms with Crippen molar-refractivity contribution in [1.29, 1.82) is 0 Å². The van der Waals surface area contributed by atoms with Gasteiger partial charge >= 0.3 is 0 Å². The Morgan fingerprint density at radius 3 is 2.33 bits per heavy atom. The van der Waals surface area contributed by atoms with Crippen LogP contribution < -0.4 is 0 Å². The predicted molar refractivity (Wildman–Crippen MR) is 21.0 cm³/mol. The van der Waals surface area contributed by atoms with E-state index in [1.807, 2.05) is 0 Å². The summed E-state index contributed by atoms with van der Waals surface area (Å²) in [5, 5.41) is 2.19. The topological polar surface area (TPSA) is 46.5 Å². The number of nitroso groups, excluding NO2 is 1. The summed E-state index contributed by atoms with van der Waals surface area (Å²) in [7, 11) is 0. The smallest absolute Gasteiger partial charge is 0.171 e. The van der Waals surface area contributed by atoms with Crippen molar-refractivity contribution >= 4 is 6.29 Å². The number of carbonyl (C=O) groups is 1. The summed E-state index contributed by atoms with van der Waals surface area (Å²) in [6.07, 6.45) is 0.299. The van der Waals surface area contributed by atoms with Gasteiger partial charge in [0.25, 0.3) is 0 Å². The molecule has 0 aromatic heterocycles. The summed E-state index contributed by atoms with van der Waals surface area (Å²) in [5.74, 6) is 0. The Morgan fingerprint density at radius 2 is 2.33 bits per heavy atom. The van der Waals surface area contributed by atoms with Crippen molar-refractivity contribution in [1.82, 2.24) is 0 Å². The third-order valence-corrected chi connectivity index (χ3v) is 0.253. The Hall–Kier alpha value is -0.990. The van der Waals surface area contributed by atoms with Crippen LogP contribution in [0.1, 0.15) is 0 Å². The summed E-state index contributed by atoms with van der Waals surface area (Å²) < 4.78 is 0. The summed E-state index contributed by atoms with van der Waals surface area (Å²) in [4.78, 5) is 18.5. The maximum atomic E-state index is 9.34. The van der Waals surface area contributed by atoms with E-state index in [1.54, 1.807) is 0 Å². The molecule has 0 fully saturated rings. The standard InChI is InChI=1S/C3H3NO2/c1-3(2-5)4-6/h2H,1H2. The molecule has 0 aliphatic heterocycles. The highest BCUT2D eigenvalue weighted by atomic mass is 16.3. The molecule has 0 N–H and O–H groups in total. The highest BCUT2D eigenvalue weighted by molar-refractivity contribution is 5.71. The van der Waals surface area contributed by atoms with Crippen LogP contribution in [-0.2, 0) is 4.79 Å². The van der Waals surface area contributed by atoms with Gasteiger partial charge in [-0.3, -0.25) is 4.79 Å². The first-order valence-electron chi connectivity index (χ1n) is 1.28. The molecule has 0 aromatic rings. The molecule has 0 spiro atoms. The summed E-state index contributed by atoms with van der Waals surface area (Å²) in [6.45, 7) is 2.94. The summed E-state index contributed by atoms with van der Waals surface area (Å²) >= 11 is 0. The van der Waals surface area contributed by atoms with E-state index in [9.17, 15) is 4.79 Å². The molecule has 0 amide bonds. The van der Waals surface area contributed by atoms with Crippen molar-refractivity contribution in [3.05, 3.63) is 17.2 Å². The molecule has 0 saturated heterocycles. The first kappa shape index (κ1) is 5.01. The van der Waals surface area contributed by atoms with E-state index in [0.29, 0.717) is 6.29 Å². The molecule has 3 nitrogen and oxygen atoms in total. The minimum absolute atomic E-state index is 0.269. The number of hydrogen-bond donors (Lipinski definition) is 0. The van der Waals surface area contributed by atoms with Gasteiger partial charge in [0.05, 0.1) is 0 Å². The van der Waals surface area contributed by atoms with Crippen molar-refractivity contribution in [3.8, 4) is 0 Å². The lowest BCUT2D eigenvalue weighted by atomic mass is 10.6. The molecular weight excluding hydrogens is 82.0 g/mol. The van der Waals surface area contributed by atoms with Gasteiger partial charge in [0.2, 0.25) is 0 Å². The van der Waals surface area contributed by atoms with Crippen molar-refractivity contribution in [3.63, 3.8) is 0 Å². The number of hydrogen-bond acceptors (Lipinski definition) is 3. The van der Waals surface area contributed by atoms with Gasteiger partial charge < -0.3 is 0 Å². The fourth-order valence-corrected chi connectivity index (χ4v) is 0.0215. The molecule has 6 heavy (non-hydrogen) atoms.